The van der Waals surface area contributed by atoms with Gasteiger partial charge in [-0.25, -0.2) is 0 Å². The SMILES string of the molecule is COC(CNc1cnn(C(C)C)c1)OC. The topological polar surface area (TPSA) is 48.3 Å². The number of anilines is 1. The van der Waals surface area contributed by atoms with Gasteiger partial charge in [-0.1, -0.05) is 0 Å². The first-order valence-corrected chi connectivity index (χ1v) is 5.01. The highest BCUT2D eigenvalue weighted by Gasteiger charge is 2.06. The van der Waals surface area contributed by atoms with E-state index in [1.165, 1.54) is 0 Å². The summed E-state index contributed by atoms with van der Waals surface area (Å²) in [6.07, 6.45) is 3.53. The van der Waals surface area contributed by atoms with Crippen LogP contribution in [0.3, 0.4) is 0 Å². The smallest absolute Gasteiger partial charge is 0.173 e. The Morgan fingerprint density at radius 1 is 1.40 bits per heavy atom. The predicted octanol–water partition coefficient (Wildman–Crippen LogP) is 1.49. The van der Waals surface area contributed by atoms with Crippen molar-refractivity contribution in [1.29, 1.82) is 0 Å². The third-order valence-electron chi connectivity index (χ3n) is 2.13. The van der Waals surface area contributed by atoms with E-state index in [2.05, 4.69) is 24.3 Å². The fourth-order valence-corrected chi connectivity index (χ4v) is 1.18. The molecule has 1 aromatic rings. The Morgan fingerprint density at radius 3 is 2.53 bits per heavy atom. The van der Waals surface area contributed by atoms with Crippen molar-refractivity contribution >= 4 is 5.69 Å². The summed E-state index contributed by atoms with van der Waals surface area (Å²) in [5.41, 5.74) is 0.975. The molecule has 5 nitrogen and oxygen atoms in total. The summed E-state index contributed by atoms with van der Waals surface area (Å²) in [5, 5.41) is 7.41. The van der Waals surface area contributed by atoms with E-state index in [1.54, 1.807) is 20.4 Å². The summed E-state index contributed by atoms with van der Waals surface area (Å²) in [6, 6.07) is 0.376. The van der Waals surface area contributed by atoms with Gasteiger partial charge in [-0.05, 0) is 13.8 Å². The van der Waals surface area contributed by atoms with Crippen LogP contribution in [0.2, 0.25) is 0 Å². The van der Waals surface area contributed by atoms with Gasteiger partial charge in [-0.15, -0.1) is 0 Å². The Hall–Kier alpha value is -1.07. The molecule has 0 aliphatic heterocycles. The van der Waals surface area contributed by atoms with Crippen molar-refractivity contribution in [2.75, 3.05) is 26.1 Å². The molecule has 0 aliphatic carbocycles. The highest BCUT2D eigenvalue weighted by atomic mass is 16.7. The zero-order chi connectivity index (χ0) is 11.3. The third-order valence-corrected chi connectivity index (χ3v) is 2.13. The second kappa shape index (κ2) is 5.72. The van der Waals surface area contributed by atoms with Crippen molar-refractivity contribution in [3.05, 3.63) is 12.4 Å². The van der Waals surface area contributed by atoms with Gasteiger partial charge in [-0.3, -0.25) is 4.68 Å². The molecule has 0 atom stereocenters. The van der Waals surface area contributed by atoms with Gasteiger partial charge < -0.3 is 14.8 Å². The fraction of sp³-hybridized carbons (Fsp3) is 0.700. The molecule has 0 fully saturated rings. The van der Waals surface area contributed by atoms with Gasteiger partial charge in [0, 0.05) is 26.5 Å². The third kappa shape index (κ3) is 3.53. The van der Waals surface area contributed by atoms with Crippen LogP contribution < -0.4 is 5.32 Å². The van der Waals surface area contributed by atoms with Gasteiger partial charge in [-0.2, -0.15) is 5.10 Å². The van der Waals surface area contributed by atoms with Crippen LogP contribution in [-0.2, 0) is 9.47 Å². The maximum absolute atomic E-state index is 5.06. The molecule has 15 heavy (non-hydrogen) atoms. The molecule has 1 heterocycles. The molecule has 0 aromatic carbocycles. The average Bonchev–Trinajstić information content (AvgIpc) is 2.68. The minimum Gasteiger partial charge on any atom is -0.377 e. The Morgan fingerprint density at radius 2 is 2.07 bits per heavy atom. The van der Waals surface area contributed by atoms with Crippen LogP contribution >= 0.6 is 0 Å². The van der Waals surface area contributed by atoms with Gasteiger partial charge in [0.05, 0.1) is 18.4 Å². The second-order valence-corrected chi connectivity index (χ2v) is 3.58. The number of methoxy groups -OCH3 is 2. The van der Waals surface area contributed by atoms with E-state index in [0.29, 0.717) is 12.6 Å². The molecule has 1 aromatic heterocycles. The van der Waals surface area contributed by atoms with Crippen molar-refractivity contribution in [2.45, 2.75) is 26.2 Å². The van der Waals surface area contributed by atoms with E-state index < -0.39 is 0 Å². The van der Waals surface area contributed by atoms with Gasteiger partial charge in [0.2, 0.25) is 0 Å². The molecule has 0 bridgehead atoms. The minimum absolute atomic E-state index is 0.229. The van der Waals surface area contributed by atoms with Crippen LogP contribution in [0.4, 0.5) is 5.69 Å². The Kier molecular flexibility index (Phi) is 4.58. The maximum Gasteiger partial charge on any atom is 0.173 e. The van der Waals surface area contributed by atoms with E-state index >= 15 is 0 Å². The number of hydrogen-bond donors (Lipinski definition) is 1. The molecule has 1 N–H and O–H groups in total. The first-order valence-electron chi connectivity index (χ1n) is 5.01. The Bertz CT molecular complexity index is 282. The Labute approximate surface area is 90.4 Å². The fourth-order valence-electron chi connectivity index (χ4n) is 1.18. The molecule has 0 aliphatic rings. The van der Waals surface area contributed by atoms with Gasteiger partial charge >= 0.3 is 0 Å². The summed E-state index contributed by atoms with van der Waals surface area (Å²) in [6.45, 7) is 4.78. The number of nitrogens with one attached hydrogen (secondary N) is 1. The largest absolute Gasteiger partial charge is 0.377 e. The lowest BCUT2D eigenvalue weighted by Crippen LogP contribution is -2.23. The second-order valence-electron chi connectivity index (χ2n) is 3.58. The van der Waals surface area contributed by atoms with Crippen molar-refractivity contribution in [3.63, 3.8) is 0 Å². The standard InChI is InChI=1S/C10H19N3O2/c1-8(2)13-7-9(5-12-13)11-6-10(14-3)15-4/h5,7-8,10-11H,6H2,1-4H3. The maximum atomic E-state index is 5.06. The molecule has 0 spiro atoms. The van der Waals surface area contributed by atoms with Crippen molar-refractivity contribution in [1.82, 2.24) is 9.78 Å². The molecular weight excluding hydrogens is 194 g/mol. The molecule has 0 amide bonds. The van der Waals surface area contributed by atoms with E-state index in [9.17, 15) is 0 Å². The number of nitrogens with zero attached hydrogens (tertiary/aromatic N) is 2. The van der Waals surface area contributed by atoms with Crippen LogP contribution in [-0.4, -0.2) is 36.8 Å². The normalized spacial score (nSPS) is 11.3. The van der Waals surface area contributed by atoms with E-state index in [4.69, 9.17) is 9.47 Å². The monoisotopic (exact) mass is 213 g/mol. The van der Waals surface area contributed by atoms with Gasteiger partial charge in [0.25, 0.3) is 0 Å². The number of hydrogen-bond acceptors (Lipinski definition) is 4. The van der Waals surface area contributed by atoms with Crippen LogP contribution in [0.15, 0.2) is 12.4 Å². The summed E-state index contributed by atoms with van der Waals surface area (Å²) < 4.78 is 12.0. The van der Waals surface area contributed by atoms with Crippen molar-refractivity contribution in [2.24, 2.45) is 0 Å². The van der Waals surface area contributed by atoms with E-state index in [0.717, 1.165) is 5.69 Å². The van der Waals surface area contributed by atoms with Crippen LogP contribution in [0.5, 0.6) is 0 Å². The highest BCUT2D eigenvalue weighted by Crippen LogP contribution is 2.09. The lowest BCUT2D eigenvalue weighted by Gasteiger charge is -2.13. The quantitative estimate of drug-likeness (QED) is 0.727. The average molecular weight is 213 g/mol. The lowest BCUT2D eigenvalue weighted by molar-refractivity contribution is -0.0914. The minimum atomic E-state index is -0.229. The number of ether oxygens (including phenoxy) is 2. The molecule has 0 radical (unpaired) electrons. The number of aromatic nitrogens is 2. The highest BCUT2D eigenvalue weighted by molar-refractivity contribution is 5.38. The number of rotatable bonds is 6. The van der Waals surface area contributed by atoms with Crippen LogP contribution in [0.1, 0.15) is 19.9 Å². The molecule has 86 valence electrons. The molecular formula is C10H19N3O2. The zero-order valence-electron chi connectivity index (χ0n) is 9.73. The van der Waals surface area contributed by atoms with Crippen molar-refractivity contribution < 1.29 is 9.47 Å². The van der Waals surface area contributed by atoms with E-state index in [1.807, 2.05) is 10.9 Å². The van der Waals surface area contributed by atoms with Gasteiger partial charge in [0.1, 0.15) is 0 Å². The van der Waals surface area contributed by atoms with E-state index in [-0.39, 0.29) is 6.29 Å². The van der Waals surface area contributed by atoms with Crippen LogP contribution in [0.25, 0.3) is 0 Å². The summed E-state index contributed by atoms with van der Waals surface area (Å²) >= 11 is 0. The van der Waals surface area contributed by atoms with Crippen LogP contribution in [0, 0.1) is 0 Å². The first kappa shape index (κ1) is 12.0. The van der Waals surface area contributed by atoms with Gasteiger partial charge in [0.15, 0.2) is 6.29 Å². The predicted molar refractivity (Wildman–Crippen MR) is 58.9 cm³/mol. The molecule has 0 saturated heterocycles. The molecule has 1 rings (SSSR count). The zero-order valence-corrected chi connectivity index (χ0v) is 9.73. The summed E-state index contributed by atoms with van der Waals surface area (Å²) in [7, 11) is 3.24. The molecule has 0 saturated carbocycles. The first-order chi connectivity index (χ1) is 7.17. The lowest BCUT2D eigenvalue weighted by atomic mass is 10.4. The Balaban J connectivity index is 2.43. The molecule has 5 heteroatoms. The summed E-state index contributed by atoms with van der Waals surface area (Å²) in [4.78, 5) is 0. The summed E-state index contributed by atoms with van der Waals surface area (Å²) in [5.74, 6) is 0. The van der Waals surface area contributed by atoms with Crippen molar-refractivity contribution in [3.8, 4) is 0 Å². The molecule has 0 unspecified atom stereocenters.